The monoisotopic (exact) mass is 417 g/mol. The number of hydrogen-bond acceptors (Lipinski definition) is 10. The van der Waals surface area contributed by atoms with Crippen molar-refractivity contribution in [3.8, 4) is 0 Å². The first-order valence-corrected chi connectivity index (χ1v) is 9.31. The number of hydrogen-bond donors (Lipinski definition) is 1. The molecule has 2 heterocycles. The molecule has 6 atom stereocenters. The molecule has 0 aromatic carbocycles. The predicted molar refractivity (Wildman–Crippen MR) is 94.3 cm³/mol. The fourth-order valence-electron chi connectivity index (χ4n) is 2.98. The minimum Gasteiger partial charge on any atom is -0.463 e. The van der Waals surface area contributed by atoms with Crippen LogP contribution < -0.4 is 5.32 Å². The van der Waals surface area contributed by atoms with Crippen LogP contribution in [0.2, 0.25) is 0 Å². The fourth-order valence-corrected chi connectivity index (χ4v) is 2.98. The molecule has 0 spiro atoms. The Labute approximate surface area is 168 Å². The second-order valence-electron chi connectivity index (χ2n) is 6.83. The quantitative estimate of drug-likeness (QED) is 0.295. The molecule has 2 fully saturated rings. The number of ether oxygens (including phenoxy) is 6. The largest absolute Gasteiger partial charge is 0.463 e. The van der Waals surface area contributed by atoms with Gasteiger partial charge in [0.1, 0.15) is 18.8 Å². The number of carbonyl (C=O) groups excluding carboxylic acids is 4. The highest BCUT2D eigenvalue weighted by molar-refractivity contribution is 5.73. The van der Waals surface area contributed by atoms with Gasteiger partial charge in [0.15, 0.2) is 18.5 Å². The van der Waals surface area contributed by atoms with Crippen molar-refractivity contribution in [2.75, 3.05) is 19.8 Å². The summed E-state index contributed by atoms with van der Waals surface area (Å²) in [7, 11) is 0. The third-order valence-corrected chi connectivity index (χ3v) is 4.20. The first-order valence-electron chi connectivity index (χ1n) is 9.31. The van der Waals surface area contributed by atoms with E-state index in [-0.39, 0.29) is 19.3 Å². The van der Waals surface area contributed by atoms with E-state index in [4.69, 9.17) is 28.4 Å². The lowest BCUT2D eigenvalue weighted by Gasteiger charge is -2.44. The first-order chi connectivity index (χ1) is 13.7. The normalized spacial score (nSPS) is 30.8. The Balaban J connectivity index is 2.26. The number of rotatable bonds is 9. The Morgan fingerprint density at radius 2 is 1.59 bits per heavy atom. The van der Waals surface area contributed by atoms with Crippen LogP contribution in [0.25, 0.3) is 0 Å². The van der Waals surface area contributed by atoms with Gasteiger partial charge >= 0.3 is 17.9 Å². The number of nitrogens with one attached hydrogen (secondary N) is 1. The molecule has 2 aliphatic rings. The third-order valence-electron chi connectivity index (χ3n) is 4.20. The molecule has 0 bridgehead atoms. The molecule has 1 amide bonds. The van der Waals surface area contributed by atoms with E-state index < -0.39 is 54.5 Å². The van der Waals surface area contributed by atoms with Gasteiger partial charge in [0.25, 0.3) is 0 Å². The SMILES string of the molecule is CC(=O)N[C@H]1[C@H](OCC[C@H]2CO2)O[C@H](COC(C)=O)[C@@H](OC(C)=O)[C@@H]1OC(C)=O. The Morgan fingerprint density at radius 1 is 0.966 bits per heavy atom. The molecule has 2 rings (SSSR count). The molecular formula is C18H27NO10. The van der Waals surface area contributed by atoms with Gasteiger partial charge in [-0.05, 0) is 6.42 Å². The van der Waals surface area contributed by atoms with E-state index in [1.807, 2.05) is 0 Å². The van der Waals surface area contributed by atoms with Crippen LogP contribution in [-0.4, -0.2) is 80.4 Å². The summed E-state index contributed by atoms with van der Waals surface area (Å²) in [5, 5.41) is 2.63. The van der Waals surface area contributed by atoms with Crippen LogP contribution in [-0.2, 0) is 47.6 Å². The first kappa shape index (κ1) is 23.0. The molecular weight excluding hydrogens is 390 g/mol. The molecule has 11 heteroatoms. The van der Waals surface area contributed by atoms with Crippen LogP contribution in [0.4, 0.5) is 0 Å². The van der Waals surface area contributed by atoms with Crippen molar-refractivity contribution in [3.63, 3.8) is 0 Å². The summed E-state index contributed by atoms with van der Waals surface area (Å²) in [6, 6.07) is -0.950. The molecule has 11 nitrogen and oxygen atoms in total. The number of esters is 3. The summed E-state index contributed by atoms with van der Waals surface area (Å²) in [6.07, 6.45) is -3.51. The Hall–Kier alpha value is -2.24. The van der Waals surface area contributed by atoms with Gasteiger partial charge in [0.05, 0.1) is 19.3 Å². The minimum absolute atomic E-state index is 0.118. The summed E-state index contributed by atoms with van der Waals surface area (Å²) in [5.74, 6) is -2.29. The zero-order valence-corrected chi connectivity index (χ0v) is 16.9. The van der Waals surface area contributed by atoms with Gasteiger partial charge in [-0.1, -0.05) is 0 Å². The predicted octanol–water partition coefficient (Wildman–Crippen LogP) is -0.552. The fraction of sp³-hybridized carbons (Fsp3) is 0.778. The maximum Gasteiger partial charge on any atom is 0.303 e. The van der Waals surface area contributed by atoms with Crippen LogP contribution in [0.15, 0.2) is 0 Å². The lowest BCUT2D eigenvalue weighted by atomic mass is 9.96. The number of amides is 1. The van der Waals surface area contributed by atoms with Crippen LogP contribution in [0.3, 0.4) is 0 Å². The molecule has 0 unspecified atom stereocenters. The Bertz CT molecular complexity index is 620. The maximum absolute atomic E-state index is 11.7. The second kappa shape index (κ2) is 10.5. The summed E-state index contributed by atoms with van der Waals surface area (Å²) in [5.41, 5.74) is 0. The number of carbonyl (C=O) groups is 4. The van der Waals surface area contributed by atoms with Crippen molar-refractivity contribution in [2.24, 2.45) is 0 Å². The summed E-state index contributed by atoms with van der Waals surface area (Å²) >= 11 is 0. The van der Waals surface area contributed by atoms with Gasteiger partial charge in [-0.2, -0.15) is 0 Å². The summed E-state index contributed by atoms with van der Waals surface area (Å²) in [6.45, 7) is 5.53. The summed E-state index contributed by atoms with van der Waals surface area (Å²) in [4.78, 5) is 46.3. The highest BCUT2D eigenvalue weighted by Gasteiger charge is 2.51. The van der Waals surface area contributed by atoms with Crippen molar-refractivity contribution in [1.29, 1.82) is 0 Å². The van der Waals surface area contributed by atoms with E-state index in [1.54, 1.807) is 0 Å². The minimum atomic E-state index is -1.13. The highest BCUT2D eigenvalue weighted by atomic mass is 16.7. The van der Waals surface area contributed by atoms with Crippen molar-refractivity contribution in [2.45, 2.75) is 70.9 Å². The van der Waals surface area contributed by atoms with Crippen molar-refractivity contribution < 1.29 is 47.6 Å². The van der Waals surface area contributed by atoms with Gasteiger partial charge in [-0.3, -0.25) is 19.2 Å². The zero-order valence-electron chi connectivity index (χ0n) is 16.9. The number of epoxide rings is 1. The van der Waals surface area contributed by atoms with E-state index in [1.165, 1.54) is 27.7 Å². The van der Waals surface area contributed by atoms with Crippen molar-refractivity contribution >= 4 is 23.8 Å². The molecule has 0 aromatic rings. The second-order valence-corrected chi connectivity index (χ2v) is 6.83. The summed E-state index contributed by atoms with van der Waals surface area (Å²) < 4.78 is 32.4. The van der Waals surface area contributed by atoms with Gasteiger partial charge in [-0.15, -0.1) is 0 Å². The maximum atomic E-state index is 11.7. The van der Waals surface area contributed by atoms with Gasteiger partial charge < -0.3 is 33.7 Å². The molecule has 2 aliphatic heterocycles. The average Bonchev–Trinajstić information content (AvgIpc) is 3.41. The van der Waals surface area contributed by atoms with Crippen molar-refractivity contribution in [3.05, 3.63) is 0 Å². The van der Waals surface area contributed by atoms with Crippen molar-refractivity contribution in [1.82, 2.24) is 5.32 Å². The van der Waals surface area contributed by atoms with Crippen LogP contribution in [0.5, 0.6) is 0 Å². The molecule has 2 saturated heterocycles. The lowest BCUT2D eigenvalue weighted by molar-refractivity contribution is -0.278. The zero-order chi connectivity index (χ0) is 21.6. The smallest absolute Gasteiger partial charge is 0.303 e. The Kier molecular flexibility index (Phi) is 8.35. The molecule has 0 radical (unpaired) electrons. The Morgan fingerprint density at radius 3 is 2.10 bits per heavy atom. The van der Waals surface area contributed by atoms with Crippen LogP contribution in [0.1, 0.15) is 34.1 Å². The van der Waals surface area contributed by atoms with Crippen LogP contribution >= 0.6 is 0 Å². The van der Waals surface area contributed by atoms with Gasteiger partial charge in [0, 0.05) is 27.7 Å². The average molecular weight is 417 g/mol. The van der Waals surface area contributed by atoms with E-state index in [0.29, 0.717) is 13.0 Å². The molecule has 0 aromatic heterocycles. The molecule has 29 heavy (non-hydrogen) atoms. The van der Waals surface area contributed by atoms with Gasteiger partial charge in [0.2, 0.25) is 5.91 Å². The van der Waals surface area contributed by atoms with E-state index in [2.05, 4.69) is 5.32 Å². The van der Waals surface area contributed by atoms with E-state index >= 15 is 0 Å². The van der Waals surface area contributed by atoms with E-state index in [9.17, 15) is 19.2 Å². The third kappa shape index (κ3) is 7.59. The van der Waals surface area contributed by atoms with Crippen LogP contribution in [0, 0.1) is 0 Å². The highest BCUT2D eigenvalue weighted by Crippen LogP contribution is 2.28. The lowest BCUT2D eigenvalue weighted by Crippen LogP contribution is -2.66. The standard InChI is InChI=1S/C18H27NO10/c1-9(20)19-15-17(28-12(4)23)16(27-11(3)22)14(8-25-10(2)21)29-18(15)24-6-5-13-7-26-13/h13-18H,5-8H2,1-4H3,(H,19,20)/t13-,14+,15+,16+,17+,18+/m0/s1. The topological polar surface area (TPSA) is 139 Å². The molecule has 0 saturated carbocycles. The molecule has 0 aliphatic carbocycles. The molecule has 164 valence electrons. The van der Waals surface area contributed by atoms with E-state index in [0.717, 1.165) is 0 Å². The van der Waals surface area contributed by atoms with Gasteiger partial charge in [-0.25, -0.2) is 0 Å². The molecule has 1 N–H and O–H groups in total.